The summed E-state index contributed by atoms with van der Waals surface area (Å²) in [6.07, 6.45) is -0.248. The maximum Gasteiger partial charge on any atom is 0.325 e. The zero-order chi connectivity index (χ0) is 19.4. The van der Waals surface area contributed by atoms with Gasteiger partial charge in [-0.15, -0.1) is 0 Å². The van der Waals surface area contributed by atoms with Crippen molar-refractivity contribution < 1.29 is 19.1 Å². The number of carbonyl (C=O) groups is 3. The minimum atomic E-state index is -1.29. The largest absolute Gasteiger partial charge is 0.453 e. The predicted molar refractivity (Wildman–Crippen MR) is 102 cm³/mol. The SMILES string of the molecule is CC(C)CC1OC(=O)C(C(=O)CC(c2ccccc2)c2ccccc2)C1=O. The van der Waals surface area contributed by atoms with Crippen molar-refractivity contribution >= 4 is 17.5 Å². The number of esters is 1. The number of hydrogen-bond acceptors (Lipinski definition) is 4. The molecule has 3 rings (SSSR count). The molecule has 2 atom stereocenters. The highest BCUT2D eigenvalue weighted by Gasteiger charge is 2.47. The van der Waals surface area contributed by atoms with Gasteiger partial charge in [-0.2, -0.15) is 0 Å². The average molecular weight is 364 g/mol. The highest BCUT2D eigenvalue weighted by Crippen LogP contribution is 2.32. The molecule has 1 fully saturated rings. The number of carbonyl (C=O) groups excluding carboxylic acids is 3. The van der Waals surface area contributed by atoms with Crippen molar-refractivity contribution in [3.8, 4) is 0 Å². The molecule has 0 aromatic heterocycles. The van der Waals surface area contributed by atoms with E-state index in [-0.39, 0.29) is 24.0 Å². The molecule has 2 aromatic rings. The van der Waals surface area contributed by atoms with Crippen LogP contribution in [-0.4, -0.2) is 23.6 Å². The summed E-state index contributed by atoms with van der Waals surface area (Å²) in [5.74, 6) is -2.74. The molecule has 2 unspecified atom stereocenters. The summed E-state index contributed by atoms with van der Waals surface area (Å²) < 4.78 is 5.20. The van der Waals surface area contributed by atoms with Crippen LogP contribution < -0.4 is 0 Å². The molecule has 0 N–H and O–H groups in total. The van der Waals surface area contributed by atoms with Crippen LogP contribution in [0.3, 0.4) is 0 Å². The minimum absolute atomic E-state index is 0.0912. The second-order valence-corrected chi connectivity index (χ2v) is 7.43. The quantitative estimate of drug-likeness (QED) is 0.552. The van der Waals surface area contributed by atoms with Crippen LogP contribution in [0.25, 0.3) is 0 Å². The lowest BCUT2D eigenvalue weighted by Crippen LogP contribution is -2.29. The van der Waals surface area contributed by atoms with Gasteiger partial charge in [-0.1, -0.05) is 74.5 Å². The summed E-state index contributed by atoms with van der Waals surface area (Å²) in [5, 5.41) is 0. The van der Waals surface area contributed by atoms with Crippen LogP contribution in [0.4, 0.5) is 0 Å². The number of ether oxygens (including phenoxy) is 1. The number of rotatable bonds is 7. The van der Waals surface area contributed by atoms with Gasteiger partial charge < -0.3 is 4.74 Å². The van der Waals surface area contributed by atoms with Gasteiger partial charge in [0.05, 0.1) is 0 Å². The van der Waals surface area contributed by atoms with E-state index in [2.05, 4.69) is 0 Å². The van der Waals surface area contributed by atoms with Crippen molar-refractivity contribution in [2.24, 2.45) is 11.8 Å². The van der Waals surface area contributed by atoms with Crippen LogP contribution in [-0.2, 0) is 19.1 Å². The highest BCUT2D eigenvalue weighted by atomic mass is 16.6. The molecule has 140 valence electrons. The summed E-state index contributed by atoms with van der Waals surface area (Å²) >= 11 is 0. The molecule has 27 heavy (non-hydrogen) atoms. The van der Waals surface area contributed by atoms with Gasteiger partial charge in [-0.05, 0) is 23.5 Å². The number of cyclic esters (lactones) is 1. The van der Waals surface area contributed by atoms with E-state index in [0.717, 1.165) is 11.1 Å². The summed E-state index contributed by atoms with van der Waals surface area (Å²) in [5.41, 5.74) is 1.96. The molecule has 4 nitrogen and oxygen atoms in total. The Hall–Kier alpha value is -2.75. The Morgan fingerprint density at radius 3 is 1.93 bits per heavy atom. The average Bonchev–Trinajstić information content (AvgIpc) is 2.93. The number of Topliss-reactive ketones (excluding diaryl/α,β-unsaturated/α-hetero) is 2. The molecule has 1 heterocycles. The van der Waals surface area contributed by atoms with Gasteiger partial charge in [0, 0.05) is 12.3 Å². The van der Waals surface area contributed by atoms with E-state index in [1.807, 2.05) is 74.5 Å². The van der Waals surface area contributed by atoms with Crippen LogP contribution in [0.1, 0.15) is 43.7 Å². The van der Waals surface area contributed by atoms with E-state index in [1.54, 1.807) is 0 Å². The fraction of sp³-hybridized carbons (Fsp3) is 0.348. The monoisotopic (exact) mass is 364 g/mol. The molecular formula is C23H24O4. The Labute approximate surface area is 159 Å². The van der Waals surface area contributed by atoms with Gasteiger partial charge in [0.25, 0.3) is 0 Å². The molecule has 1 saturated heterocycles. The van der Waals surface area contributed by atoms with Gasteiger partial charge in [0.15, 0.2) is 23.6 Å². The first-order chi connectivity index (χ1) is 13.0. The number of ketones is 2. The summed E-state index contributed by atoms with van der Waals surface area (Å²) in [6.45, 7) is 3.91. The first-order valence-electron chi connectivity index (χ1n) is 9.34. The van der Waals surface area contributed by atoms with Gasteiger partial charge in [-0.25, -0.2) is 0 Å². The molecule has 2 aromatic carbocycles. The van der Waals surface area contributed by atoms with E-state index in [9.17, 15) is 14.4 Å². The summed E-state index contributed by atoms with van der Waals surface area (Å²) in [7, 11) is 0. The van der Waals surface area contributed by atoms with Crippen molar-refractivity contribution in [3.05, 3.63) is 71.8 Å². The molecule has 0 radical (unpaired) electrons. The van der Waals surface area contributed by atoms with Crippen molar-refractivity contribution in [1.82, 2.24) is 0 Å². The van der Waals surface area contributed by atoms with Crippen LogP contribution in [0.2, 0.25) is 0 Å². The Bertz CT molecular complexity index is 771. The third kappa shape index (κ3) is 4.33. The Kier molecular flexibility index (Phi) is 5.84. The second kappa shape index (κ2) is 8.30. The summed E-state index contributed by atoms with van der Waals surface area (Å²) in [6, 6.07) is 19.4. The number of hydrogen-bond donors (Lipinski definition) is 0. The van der Waals surface area contributed by atoms with Crippen molar-refractivity contribution in [2.75, 3.05) is 0 Å². The molecule has 0 spiro atoms. The second-order valence-electron chi connectivity index (χ2n) is 7.43. The summed E-state index contributed by atoms with van der Waals surface area (Å²) in [4.78, 5) is 37.7. The van der Waals surface area contributed by atoms with Gasteiger partial charge >= 0.3 is 5.97 Å². The van der Waals surface area contributed by atoms with Crippen molar-refractivity contribution in [2.45, 2.75) is 38.7 Å². The van der Waals surface area contributed by atoms with Gasteiger partial charge in [0.2, 0.25) is 0 Å². The zero-order valence-corrected chi connectivity index (χ0v) is 15.6. The van der Waals surface area contributed by atoms with Crippen molar-refractivity contribution in [1.29, 1.82) is 0 Å². The van der Waals surface area contributed by atoms with Crippen LogP contribution in [0.5, 0.6) is 0 Å². The van der Waals surface area contributed by atoms with E-state index < -0.39 is 23.8 Å². The molecule has 0 aliphatic carbocycles. The molecule has 1 aliphatic rings. The molecule has 0 saturated carbocycles. The maximum absolute atomic E-state index is 12.9. The third-order valence-electron chi connectivity index (χ3n) is 4.91. The molecule has 0 amide bonds. The lowest BCUT2D eigenvalue weighted by molar-refractivity contribution is -0.147. The fourth-order valence-electron chi connectivity index (χ4n) is 3.57. The smallest absolute Gasteiger partial charge is 0.325 e. The fourth-order valence-corrected chi connectivity index (χ4v) is 3.57. The zero-order valence-electron chi connectivity index (χ0n) is 15.6. The first-order valence-corrected chi connectivity index (χ1v) is 9.34. The lowest BCUT2D eigenvalue weighted by atomic mass is 9.83. The number of benzene rings is 2. The highest BCUT2D eigenvalue weighted by molar-refractivity contribution is 6.21. The van der Waals surface area contributed by atoms with E-state index in [4.69, 9.17) is 4.74 Å². The molecular weight excluding hydrogens is 340 g/mol. The van der Waals surface area contributed by atoms with Crippen LogP contribution in [0, 0.1) is 11.8 Å². The molecule has 1 aliphatic heterocycles. The van der Waals surface area contributed by atoms with E-state index in [1.165, 1.54) is 0 Å². The Morgan fingerprint density at radius 2 is 1.44 bits per heavy atom. The van der Waals surface area contributed by atoms with Gasteiger partial charge in [0.1, 0.15) is 0 Å². The van der Waals surface area contributed by atoms with Crippen LogP contribution >= 0.6 is 0 Å². The molecule has 4 heteroatoms. The van der Waals surface area contributed by atoms with Crippen LogP contribution in [0.15, 0.2) is 60.7 Å². The van der Waals surface area contributed by atoms with E-state index >= 15 is 0 Å². The molecule has 0 bridgehead atoms. The topological polar surface area (TPSA) is 60.4 Å². The van der Waals surface area contributed by atoms with Gasteiger partial charge in [-0.3, -0.25) is 14.4 Å². The first kappa shape index (κ1) is 19.0. The van der Waals surface area contributed by atoms with Crippen molar-refractivity contribution in [3.63, 3.8) is 0 Å². The Morgan fingerprint density at radius 1 is 0.926 bits per heavy atom. The predicted octanol–water partition coefficient (Wildman–Crippen LogP) is 3.93. The Balaban J connectivity index is 1.83. The minimum Gasteiger partial charge on any atom is -0.453 e. The lowest BCUT2D eigenvalue weighted by Gasteiger charge is -2.18. The maximum atomic E-state index is 12.9. The normalized spacial score (nSPS) is 19.6. The van der Waals surface area contributed by atoms with E-state index in [0.29, 0.717) is 6.42 Å². The standard InChI is InChI=1S/C23H24O4/c1-15(2)13-20-22(25)21(23(26)27-20)19(24)14-18(16-9-5-3-6-10-16)17-11-7-4-8-12-17/h3-12,15,18,20-21H,13-14H2,1-2H3. The third-order valence-corrected chi connectivity index (χ3v) is 4.91.